The van der Waals surface area contributed by atoms with Crippen molar-refractivity contribution in [1.82, 2.24) is 5.32 Å². The van der Waals surface area contributed by atoms with Crippen LogP contribution in [0.4, 0.5) is 0 Å². The zero-order chi connectivity index (χ0) is 16.8. The van der Waals surface area contributed by atoms with Gasteiger partial charge in [-0.25, -0.2) is 4.79 Å². The first-order chi connectivity index (χ1) is 11.0. The average molecular weight is 397 g/mol. The van der Waals surface area contributed by atoms with Gasteiger partial charge < -0.3 is 10.1 Å². The van der Waals surface area contributed by atoms with Crippen molar-refractivity contribution in [3.8, 4) is 0 Å². The second-order valence-corrected chi connectivity index (χ2v) is 6.22. The molecule has 0 aromatic heterocycles. The van der Waals surface area contributed by atoms with Crippen LogP contribution in [-0.2, 0) is 9.53 Å². The SMILES string of the molecule is C[C@H](NC(=O)COC(=O)c1cc(Br)ccc1Cl)c1ccccc1. The van der Waals surface area contributed by atoms with E-state index >= 15 is 0 Å². The first-order valence-corrected chi connectivity index (χ1v) is 8.11. The molecular weight excluding hydrogens is 382 g/mol. The maximum absolute atomic E-state index is 12.0. The molecule has 0 radical (unpaired) electrons. The lowest BCUT2D eigenvalue weighted by atomic mass is 10.1. The number of ether oxygens (including phenoxy) is 1. The fourth-order valence-corrected chi connectivity index (χ4v) is 2.53. The van der Waals surface area contributed by atoms with E-state index in [2.05, 4.69) is 21.2 Å². The fourth-order valence-electron chi connectivity index (χ4n) is 1.97. The van der Waals surface area contributed by atoms with Gasteiger partial charge in [0.05, 0.1) is 16.6 Å². The molecular formula is C17H15BrClNO3. The van der Waals surface area contributed by atoms with E-state index in [1.807, 2.05) is 37.3 Å². The van der Waals surface area contributed by atoms with Crippen LogP contribution in [0, 0.1) is 0 Å². The van der Waals surface area contributed by atoms with E-state index in [0.717, 1.165) is 5.56 Å². The van der Waals surface area contributed by atoms with Crippen LogP contribution in [0.2, 0.25) is 5.02 Å². The molecule has 0 aliphatic heterocycles. The van der Waals surface area contributed by atoms with E-state index in [9.17, 15) is 9.59 Å². The lowest BCUT2D eigenvalue weighted by Crippen LogP contribution is -2.31. The van der Waals surface area contributed by atoms with Crippen molar-refractivity contribution >= 4 is 39.4 Å². The van der Waals surface area contributed by atoms with E-state index in [1.165, 1.54) is 0 Å². The summed E-state index contributed by atoms with van der Waals surface area (Å²) in [6.07, 6.45) is 0. The van der Waals surface area contributed by atoms with E-state index in [1.54, 1.807) is 18.2 Å². The number of amides is 1. The Bertz CT molecular complexity index is 706. The highest BCUT2D eigenvalue weighted by atomic mass is 79.9. The molecule has 1 amide bonds. The Kier molecular flexibility index (Phi) is 6.19. The summed E-state index contributed by atoms with van der Waals surface area (Å²) >= 11 is 9.21. The Balaban J connectivity index is 1.89. The first-order valence-electron chi connectivity index (χ1n) is 6.94. The predicted molar refractivity (Wildman–Crippen MR) is 92.4 cm³/mol. The quantitative estimate of drug-likeness (QED) is 0.773. The lowest BCUT2D eigenvalue weighted by Gasteiger charge is -2.14. The molecule has 1 atom stereocenters. The van der Waals surface area contributed by atoms with Crippen LogP contribution in [0.1, 0.15) is 28.9 Å². The lowest BCUT2D eigenvalue weighted by molar-refractivity contribution is -0.124. The van der Waals surface area contributed by atoms with Crippen LogP contribution in [0.5, 0.6) is 0 Å². The highest BCUT2D eigenvalue weighted by molar-refractivity contribution is 9.10. The van der Waals surface area contributed by atoms with Gasteiger partial charge in [0.1, 0.15) is 0 Å². The summed E-state index contributed by atoms with van der Waals surface area (Å²) < 4.78 is 5.71. The second-order valence-electron chi connectivity index (χ2n) is 4.90. The molecule has 0 bridgehead atoms. The Morgan fingerprint density at radius 2 is 1.91 bits per heavy atom. The second kappa shape index (κ2) is 8.13. The van der Waals surface area contributed by atoms with Crippen LogP contribution in [0.15, 0.2) is 53.0 Å². The van der Waals surface area contributed by atoms with Gasteiger partial charge in [-0.1, -0.05) is 57.9 Å². The summed E-state index contributed by atoms with van der Waals surface area (Å²) in [4.78, 5) is 23.9. The molecule has 0 aliphatic carbocycles. The average Bonchev–Trinajstić information content (AvgIpc) is 2.55. The zero-order valence-electron chi connectivity index (χ0n) is 12.4. The third-order valence-electron chi connectivity index (χ3n) is 3.16. The fraction of sp³-hybridized carbons (Fsp3) is 0.176. The van der Waals surface area contributed by atoms with E-state index in [4.69, 9.17) is 16.3 Å². The largest absolute Gasteiger partial charge is 0.452 e. The van der Waals surface area contributed by atoms with E-state index < -0.39 is 5.97 Å². The number of benzene rings is 2. The molecule has 2 aromatic carbocycles. The van der Waals surface area contributed by atoms with E-state index in [-0.39, 0.29) is 29.1 Å². The number of carbonyl (C=O) groups is 2. The maximum Gasteiger partial charge on any atom is 0.340 e. The molecule has 0 spiro atoms. The van der Waals surface area contributed by atoms with Crippen molar-refractivity contribution in [2.45, 2.75) is 13.0 Å². The highest BCUT2D eigenvalue weighted by Crippen LogP contribution is 2.21. The molecule has 0 fully saturated rings. The van der Waals surface area contributed by atoms with Crippen molar-refractivity contribution in [2.24, 2.45) is 0 Å². The van der Waals surface area contributed by atoms with Gasteiger partial charge in [-0.3, -0.25) is 4.79 Å². The van der Waals surface area contributed by atoms with Crippen LogP contribution in [0.3, 0.4) is 0 Å². The molecule has 0 unspecified atom stereocenters. The van der Waals surface area contributed by atoms with Gasteiger partial charge in [0.15, 0.2) is 6.61 Å². The van der Waals surface area contributed by atoms with Crippen LogP contribution >= 0.6 is 27.5 Å². The molecule has 6 heteroatoms. The number of carbonyl (C=O) groups excluding carboxylic acids is 2. The minimum Gasteiger partial charge on any atom is -0.452 e. The Morgan fingerprint density at radius 1 is 1.22 bits per heavy atom. The summed E-state index contributed by atoms with van der Waals surface area (Å²) in [7, 11) is 0. The van der Waals surface area contributed by atoms with Gasteiger partial charge >= 0.3 is 5.97 Å². The number of esters is 1. The van der Waals surface area contributed by atoms with Gasteiger partial charge in [0, 0.05) is 4.47 Å². The molecule has 4 nitrogen and oxygen atoms in total. The Hall–Kier alpha value is -1.85. The summed E-state index contributed by atoms with van der Waals surface area (Å²) in [6.45, 7) is 1.50. The van der Waals surface area contributed by atoms with Gasteiger partial charge in [-0.15, -0.1) is 0 Å². The molecule has 23 heavy (non-hydrogen) atoms. The minimum atomic E-state index is -0.640. The van der Waals surface area contributed by atoms with Gasteiger partial charge in [-0.2, -0.15) is 0 Å². The third-order valence-corrected chi connectivity index (χ3v) is 3.98. The third kappa shape index (κ3) is 5.08. The van der Waals surface area contributed by atoms with Gasteiger partial charge in [0.25, 0.3) is 5.91 Å². The summed E-state index contributed by atoms with van der Waals surface area (Å²) in [6, 6.07) is 14.2. The van der Waals surface area contributed by atoms with Crippen LogP contribution < -0.4 is 5.32 Å². The zero-order valence-corrected chi connectivity index (χ0v) is 14.7. The molecule has 0 aliphatic rings. The normalized spacial score (nSPS) is 11.6. The highest BCUT2D eigenvalue weighted by Gasteiger charge is 2.15. The topological polar surface area (TPSA) is 55.4 Å². The van der Waals surface area contributed by atoms with Gasteiger partial charge in [0.2, 0.25) is 0 Å². The van der Waals surface area contributed by atoms with Crippen molar-refractivity contribution in [1.29, 1.82) is 0 Å². The molecule has 1 N–H and O–H groups in total. The monoisotopic (exact) mass is 395 g/mol. The first kappa shape index (κ1) is 17.5. The Morgan fingerprint density at radius 3 is 2.61 bits per heavy atom. The number of nitrogens with one attached hydrogen (secondary N) is 1. The summed E-state index contributed by atoms with van der Waals surface area (Å²) in [5.41, 5.74) is 1.19. The molecule has 120 valence electrons. The molecule has 2 rings (SSSR count). The minimum absolute atomic E-state index is 0.170. The molecule has 2 aromatic rings. The van der Waals surface area contributed by atoms with Crippen LogP contribution in [-0.4, -0.2) is 18.5 Å². The Labute approximate surface area is 147 Å². The standard InChI is InChI=1S/C17H15BrClNO3/c1-11(12-5-3-2-4-6-12)20-16(21)10-23-17(22)14-9-13(18)7-8-15(14)19/h2-9,11H,10H2,1H3,(H,20,21)/t11-/m0/s1. The number of hydrogen-bond acceptors (Lipinski definition) is 3. The number of rotatable bonds is 5. The van der Waals surface area contributed by atoms with Gasteiger partial charge in [-0.05, 0) is 30.7 Å². The van der Waals surface area contributed by atoms with E-state index in [0.29, 0.717) is 4.47 Å². The molecule has 0 heterocycles. The summed E-state index contributed by atoms with van der Waals surface area (Å²) in [5.74, 6) is -1.01. The number of hydrogen-bond donors (Lipinski definition) is 1. The van der Waals surface area contributed by atoms with Crippen LogP contribution in [0.25, 0.3) is 0 Å². The van der Waals surface area contributed by atoms with Crippen molar-refractivity contribution in [3.05, 3.63) is 69.2 Å². The maximum atomic E-state index is 12.0. The predicted octanol–water partition coefficient (Wildman–Crippen LogP) is 4.14. The molecule has 0 saturated carbocycles. The smallest absolute Gasteiger partial charge is 0.340 e. The number of halogens is 2. The summed E-state index contributed by atoms with van der Waals surface area (Å²) in [5, 5.41) is 3.04. The van der Waals surface area contributed by atoms with Crippen molar-refractivity contribution in [3.63, 3.8) is 0 Å². The van der Waals surface area contributed by atoms with Crippen molar-refractivity contribution < 1.29 is 14.3 Å². The van der Waals surface area contributed by atoms with Crippen molar-refractivity contribution in [2.75, 3.05) is 6.61 Å². The molecule has 0 saturated heterocycles.